The first-order valence-electron chi connectivity index (χ1n) is 9.87. The number of carbonyl (C=O) groups excluding carboxylic acids is 3. The van der Waals surface area contributed by atoms with E-state index in [1.807, 2.05) is 32.0 Å². The predicted molar refractivity (Wildman–Crippen MR) is 114 cm³/mol. The molecule has 2 amide bonds. The van der Waals surface area contributed by atoms with Crippen molar-refractivity contribution in [2.24, 2.45) is 5.92 Å². The lowest BCUT2D eigenvalue weighted by molar-refractivity contribution is -0.150. The molecule has 0 heterocycles. The fourth-order valence-corrected chi connectivity index (χ4v) is 2.74. The molecule has 30 heavy (non-hydrogen) atoms. The number of ether oxygens (including phenoxy) is 2. The minimum atomic E-state index is -0.879. The molecule has 7 nitrogen and oxygen atoms in total. The van der Waals surface area contributed by atoms with Crippen LogP contribution in [0.2, 0.25) is 0 Å². The first kappa shape index (κ1) is 22.9. The third kappa shape index (κ3) is 6.92. The Balaban J connectivity index is 1.92. The number of amides is 2. The second-order valence-corrected chi connectivity index (χ2v) is 7.18. The number of benzene rings is 2. The number of hydrogen-bond acceptors (Lipinski definition) is 5. The predicted octanol–water partition coefficient (Wildman–Crippen LogP) is 3.33. The van der Waals surface area contributed by atoms with Gasteiger partial charge < -0.3 is 20.1 Å². The fraction of sp³-hybridized carbons (Fsp3) is 0.348. The summed E-state index contributed by atoms with van der Waals surface area (Å²) in [6, 6.07) is 13.0. The van der Waals surface area contributed by atoms with Gasteiger partial charge in [-0.2, -0.15) is 0 Å². The van der Waals surface area contributed by atoms with Gasteiger partial charge in [0.05, 0.1) is 6.61 Å². The maximum Gasteiger partial charge on any atom is 0.329 e. The van der Waals surface area contributed by atoms with E-state index in [9.17, 15) is 14.4 Å². The number of rotatable bonds is 9. The summed E-state index contributed by atoms with van der Waals surface area (Å²) in [5, 5.41) is 5.35. The quantitative estimate of drug-likeness (QED) is 0.616. The van der Waals surface area contributed by atoms with Crippen LogP contribution in [0, 0.1) is 12.8 Å². The molecule has 2 rings (SSSR count). The van der Waals surface area contributed by atoms with Gasteiger partial charge in [-0.3, -0.25) is 9.59 Å². The van der Waals surface area contributed by atoms with Gasteiger partial charge in [0.1, 0.15) is 11.8 Å². The van der Waals surface area contributed by atoms with Crippen molar-refractivity contribution in [1.82, 2.24) is 5.32 Å². The highest BCUT2D eigenvalue weighted by molar-refractivity contribution is 5.97. The molecular weight excluding hydrogens is 384 g/mol. The van der Waals surface area contributed by atoms with Gasteiger partial charge in [0.25, 0.3) is 11.8 Å². The van der Waals surface area contributed by atoms with E-state index >= 15 is 0 Å². The Morgan fingerprint density at radius 3 is 2.33 bits per heavy atom. The standard InChI is InChI=1S/C23H28N2O5/c1-5-29-19-11-9-17(10-12-19)22(27)25-21(15(2)3)23(28)30-14-20(26)24-18-8-6-7-16(4)13-18/h6-13,15,21H,5,14H2,1-4H3,(H,24,26)(H,25,27)/t21-/m0/s1. The van der Waals surface area contributed by atoms with Gasteiger partial charge >= 0.3 is 5.97 Å². The lowest BCUT2D eigenvalue weighted by Gasteiger charge is -2.21. The van der Waals surface area contributed by atoms with Crippen molar-refractivity contribution in [3.05, 3.63) is 59.7 Å². The highest BCUT2D eigenvalue weighted by Gasteiger charge is 2.26. The van der Waals surface area contributed by atoms with Crippen LogP contribution in [0.3, 0.4) is 0 Å². The van der Waals surface area contributed by atoms with Crippen molar-refractivity contribution in [1.29, 1.82) is 0 Å². The van der Waals surface area contributed by atoms with Crippen molar-refractivity contribution in [2.45, 2.75) is 33.7 Å². The van der Waals surface area contributed by atoms with Gasteiger partial charge in [0.2, 0.25) is 0 Å². The normalized spacial score (nSPS) is 11.5. The molecule has 1 atom stereocenters. The summed E-state index contributed by atoms with van der Waals surface area (Å²) in [7, 11) is 0. The molecule has 0 fully saturated rings. The highest BCUT2D eigenvalue weighted by atomic mass is 16.5. The Bertz CT molecular complexity index is 877. The second kappa shape index (κ2) is 11.0. The van der Waals surface area contributed by atoms with Crippen molar-refractivity contribution in [3.63, 3.8) is 0 Å². The van der Waals surface area contributed by atoms with Crippen molar-refractivity contribution in [3.8, 4) is 5.75 Å². The van der Waals surface area contributed by atoms with Crippen LogP contribution >= 0.6 is 0 Å². The summed E-state index contributed by atoms with van der Waals surface area (Å²) in [6.45, 7) is 7.46. The van der Waals surface area contributed by atoms with Crippen LogP contribution < -0.4 is 15.4 Å². The molecule has 160 valence electrons. The van der Waals surface area contributed by atoms with E-state index in [0.29, 0.717) is 23.6 Å². The molecule has 0 aromatic heterocycles. The van der Waals surface area contributed by atoms with Crippen molar-refractivity contribution in [2.75, 3.05) is 18.5 Å². The van der Waals surface area contributed by atoms with Crippen LogP contribution in [-0.2, 0) is 14.3 Å². The Kier molecular flexibility index (Phi) is 8.41. The molecule has 0 unspecified atom stereocenters. The Labute approximate surface area is 176 Å². The maximum atomic E-state index is 12.5. The molecule has 2 aromatic carbocycles. The SMILES string of the molecule is CCOc1ccc(C(=O)N[C@H](C(=O)OCC(=O)Nc2cccc(C)c2)C(C)C)cc1. The molecule has 0 aliphatic carbocycles. The Morgan fingerprint density at radius 1 is 1.03 bits per heavy atom. The van der Waals surface area contributed by atoms with E-state index in [-0.39, 0.29) is 5.92 Å². The van der Waals surface area contributed by atoms with Crippen LogP contribution in [0.1, 0.15) is 36.7 Å². The van der Waals surface area contributed by atoms with Crippen molar-refractivity contribution < 1.29 is 23.9 Å². The molecule has 2 aromatic rings. The average Bonchev–Trinajstić information content (AvgIpc) is 2.70. The molecular formula is C23H28N2O5. The zero-order valence-electron chi connectivity index (χ0n) is 17.7. The summed E-state index contributed by atoms with van der Waals surface area (Å²) in [5.74, 6) is -1.08. The van der Waals surface area contributed by atoms with Gasteiger partial charge in [0, 0.05) is 11.3 Å². The van der Waals surface area contributed by atoms with E-state index in [0.717, 1.165) is 5.56 Å². The number of carbonyl (C=O) groups is 3. The van der Waals surface area contributed by atoms with Crippen molar-refractivity contribution >= 4 is 23.5 Å². The smallest absolute Gasteiger partial charge is 0.329 e. The fourth-order valence-electron chi connectivity index (χ4n) is 2.74. The van der Waals surface area contributed by atoms with Crippen LogP contribution in [0.25, 0.3) is 0 Å². The van der Waals surface area contributed by atoms with Gasteiger partial charge in [0.15, 0.2) is 6.61 Å². The van der Waals surface area contributed by atoms with E-state index < -0.39 is 30.4 Å². The number of aryl methyl sites for hydroxylation is 1. The Hall–Kier alpha value is -3.35. The molecule has 0 aliphatic rings. The molecule has 0 aliphatic heterocycles. The molecule has 0 spiro atoms. The molecule has 0 saturated heterocycles. The zero-order valence-corrected chi connectivity index (χ0v) is 17.7. The first-order chi connectivity index (χ1) is 14.3. The third-order valence-electron chi connectivity index (χ3n) is 4.28. The molecule has 7 heteroatoms. The third-order valence-corrected chi connectivity index (χ3v) is 4.28. The number of nitrogens with one attached hydrogen (secondary N) is 2. The first-order valence-corrected chi connectivity index (χ1v) is 9.87. The van der Waals surface area contributed by atoms with Gasteiger partial charge in [-0.05, 0) is 61.7 Å². The van der Waals surface area contributed by atoms with Crippen LogP contribution in [0.15, 0.2) is 48.5 Å². The molecule has 0 bridgehead atoms. The zero-order chi connectivity index (χ0) is 22.1. The van der Waals surface area contributed by atoms with E-state index in [2.05, 4.69) is 10.6 Å². The highest BCUT2D eigenvalue weighted by Crippen LogP contribution is 2.13. The van der Waals surface area contributed by atoms with Crippen LogP contribution in [0.4, 0.5) is 5.69 Å². The largest absolute Gasteiger partial charge is 0.494 e. The van der Waals surface area contributed by atoms with Gasteiger partial charge in [-0.25, -0.2) is 4.79 Å². The van der Waals surface area contributed by atoms with E-state index in [4.69, 9.17) is 9.47 Å². The van der Waals surface area contributed by atoms with Crippen LogP contribution in [0.5, 0.6) is 5.75 Å². The van der Waals surface area contributed by atoms with Gasteiger partial charge in [-0.1, -0.05) is 26.0 Å². The van der Waals surface area contributed by atoms with Crippen LogP contribution in [-0.4, -0.2) is 37.0 Å². The summed E-state index contributed by atoms with van der Waals surface area (Å²) in [6.07, 6.45) is 0. The Morgan fingerprint density at radius 2 is 1.73 bits per heavy atom. The monoisotopic (exact) mass is 412 g/mol. The topological polar surface area (TPSA) is 93.7 Å². The van der Waals surface area contributed by atoms with Gasteiger partial charge in [-0.15, -0.1) is 0 Å². The van der Waals surface area contributed by atoms with E-state index in [1.54, 1.807) is 44.2 Å². The minimum Gasteiger partial charge on any atom is -0.494 e. The number of esters is 1. The lowest BCUT2D eigenvalue weighted by Crippen LogP contribution is -2.45. The number of hydrogen-bond donors (Lipinski definition) is 2. The number of anilines is 1. The molecule has 0 radical (unpaired) electrons. The lowest BCUT2D eigenvalue weighted by atomic mass is 10.0. The van der Waals surface area contributed by atoms with E-state index in [1.165, 1.54) is 0 Å². The molecule has 0 saturated carbocycles. The minimum absolute atomic E-state index is 0.219. The summed E-state index contributed by atoms with van der Waals surface area (Å²) >= 11 is 0. The maximum absolute atomic E-state index is 12.5. The summed E-state index contributed by atoms with van der Waals surface area (Å²) < 4.78 is 10.5. The molecule has 2 N–H and O–H groups in total. The summed E-state index contributed by atoms with van der Waals surface area (Å²) in [4.78, 5) is 37.0. The average molecular weight is 412 g/mol. The second-order valence-electron chi connectivity index (χ2n) is 7.18. The summed E-state index contributed by atoms with van der Waals surface area (Å²) in [5.41, 5.74) is 2.02.